The van der Waals surface area contributed by atoms with Crippen molar-refractivity contribution in [3.8, 4) is 0 Å². The van der Waals surface area contributed by atoms with Gasteiger partial charge in [0.2, 0.25) is 5.91 Å². The lowest BCUT2D eigenvalue weighted by Gasteiger charge is -2.39. The Morgan fingerprint density at radius 1 is 0.848 bits per heavy atom. The first-order valence-electron chi connectivity index (χ1n) is 10.9. The minimum Gasteiger partial charge on any atom is -0.350 e. The van der Waals surface area contributed by atoms with Gasteiger partial charge in [-0.3, -0.25) is 14.5 Å². The van der Waals surface area contributed by atoms with Crippen LogP contribution < -0.4 is 5.32 Å². The Hall–Kier alpha value is -2.86. The van der Waals surface area contributed by atoms with Crippen LogP contribution in [-0.4, -0.2) is 47.8 Å². The molecule has 2 amide bonds. The van der Waals surface area contributed by atoms with E-state index < -0.39 is 6.04 Å². The highest BCUT2D eigenvalue weighted by Crippen LogP contribution is 2.26. The summed E-state index contributed by atoms with van der Waals surface area (Å²) in [5.74, 6) is -0.199. The highest BCUT2D eigenvalue weighted by atomic mass is 35.5. The van der Waals surface area contributed by atoms with Crippen LogP contribution in [-0.2, 0) is 11.3 Å². The average molecular weight is 482 g/mol. The summed E-state index contributed by atoms with van der Waals surface area (Å²) >= 11 is 12.3. The van der Waals surface area contributed by atoms with Crippen molar-refractivity contribution in [2.45, 2.75) is 12.6 Å². The van der Waals surface area contributed by atoms with Gasteiger partial charge in [0.1, 0.15) is 6.04 Å². The maximum absolute atomic E-state index is 13.3. The number of carbonyl (C=O) groups is 2. The van der Waals surface area contributed by atoms with Crippen LogP contribution in [0.5, 0.6) is 0 Å². The lowest BCUT2D eigenvalue weighted by molar-refractivity contribution is -0.127. The Labute approximate surface area is 203 Å². The molecule has 1 heterocycles. The number of hydrogen-bond acceptors (Lipinski definition) is 3. The van der Waals surface area contributed by atoms with Gasteiger partial charge in [-0.25, -0.2) is 0 Å². The summed E-state index contributed by atoms with van der Waals surface area (Å²) in [6.07, 6.45) is 0. The number of halogens is 2. The minimum absolute atomic E-state index is 0.0530. The molecule has 4 rings (SSSR count). The highest BCUT2D eigenvalue weighted by Gasteiger charge is 2.32. The van der Waals surface area contributed by atoms with Crippen molar-refractivity contribution in [1.29, 1.82) is 0 Å². The summed E-state index contributed by atoms with van der Waals surface area (Å²) in [5, 5.41) is 3.93. The minimum atomic E-state index is -0.429. The normalized spacial score (nSPS) is 15.2. The van der Waals surface area contributed by atoms with Crippen LogP contribution in [0.2, 0.25) is 10.0 Å². The molecule has 1 atom stereocenters. The van der Waals surface area contributed by atoms with Gasteiger partial charge in [0.05, 0.1) is 10.6 Å². The molecule has 0 aliphatic carbocycles. The number of rotatable bonds is 6. The van der Waals surface area contributed by atoms with Crippen LogP contribution in [0.25, 0.3) is 0 Å². The molecule has 0 spiro atoms. The van der Waals surface area contributed by atoms with Gasteiger partial charge in [-0.05, 0) is 29.3 Å². The Morgan fingerprint density at radius 3 is 2.15 bits per heavy atom. The van der Waals surface area contributed by atoms with Crippen LogP contribution in [0.3, 0.4) is 0 Å². The molecular weight excluding hydrogens is 457 g/mol. The smallest absolute Gasteiger partial charge is 0.255 e. The predicted molar refractivity (Wildman–Crippen MR) is 131 cm³/mol. The molecule has 1 N–H and O–H groups in total. The lowest BCUT2D eigenvalue weighted by atomic mass is 10.0. The summed E-state index contributed by atoms with van der Waals surface area (Å²) in [4.78, 5) is 30.2. The SMILES string of the molecule is O=C(NCc1ccccc1)C(c1ccccc1)N1CCN(C(=O)c2cc(Cl)ccc2Cl)CC1. The van der Waals surface area contributed by atoms with Gasteiger partial charge in [0, 0.05) is 37.7 Å². The molecule has 3 aromatic rings. The van der Waals surface area contributed by atoms with Crippen molar-refractivity contribution >= 4 is 35.0 Å². The molecule has 170 valence electrons. The van der Waals surface area contributed by atoms with Gasteiger partial charge in [0.25, 0.3) is 5.91 Å². The number of nitrogens with zero attached hydrogens (tertiary/aromatic N) is 2. The molecule has 3 aromatic carbocycles. The van der Waals surface area contributed by atoms with Crippen molar-refractivity contribution in [3.63, 3.8) is 0 Å². The topological polar surface area (TPSA) is 52.7 Å². The van der Waals surface area contributed by atoms with E-state index in [0.29, 0.717) is 48.3 Å². The fourth-order valence-corrected chi connectivity index (χ4v) is 4.43. The predicted octanol–water partition coefficient (Wildman–Crippen LogP) is 4.81. The van der Waals surface area contributed by atoms with E-state index in [2.05, 4.69) is 10.2 Å². The van der Waals surface area contributed by atoms with Crippen molar-refractivity contribution in [2.75, 3.05) is 26.2 Å². The maximum Gasteiger partial charge on any atom is 0.255 e. The monoisotopic (exact) mass is 481 g/mol. The Kier molecular flexibility index (Phi) is 7.65. The second-order valence-corrected chi connectivity index (χ2v) is 8.81. The zero-order valence-corrected chi connectivity index (χ0v) is 19.6. The third kappa shape index (κ3) is 5.74. The summed E-state index contributed by atoms with van der Waals surface area (Å²) in [6, 6.07) is 24.1. The largest absolute Gasteiger partial charge is 0.350 e. The van der Waals surface area contributed by atoms with E-state index in [4.69, 9.17) is 23.2 Å². The van der Waals surface area contributed by atoms with Gasteiger partial charge in [-0.1, -0.05) is 83.9 Å². The summed E-state index contributed by atoms with van der Waals surface area (Å²) < 4.78 is 0. The first-order valence-corrected chi connectivity index (χ1v) is 11.6. The lowest BCUT2D eigenvalue weighted by Crippen LogP contribution is -2.52. The summed E-state index contributed by atoms with van der Waals surface area (Å²) in [7, 11) is 0. The molecular formula is C26H25Cl2N3O2. The van der Waals surface area contributed by atoms with Gasteiger partial charge in [0.15, 0.2) is 0 Å². The van der Waals surface area contributed by atoms with Crippen LogP contribution in [0.4, 0.5) is 0 Å². The number of hydrogen-bond donors (Lipinski definition) is 1. The Bertz CT molecular complexity index is 1100. The van der Waals surface area contributed by atoms with Crippen LogP contribution in [0.15, 0.2) is 78.9 Å². The van der Waals surface area contributed by atoms with Crippen molar-refractivity contribution < 1.29 is 9.59 Å². The molecule has 0 radical (unpaired) electrons. The molecule has 5 nitrogen and oxygen atoms in total. The molecule has 1 saturated heterocycles. The molecule has 0 saturated carbocycles. The van der Waals surface area contributed by atoms with E-state index >= 15 is 0 Å². The van der Waals surface area contributed by atoms with Gasteiger partial charge < -0.3 is 10.2 Å². The molecule has 1 fully saturated rings. The molecule has 7 heteroatoms. The van der Waals surface area contributed by atoms with Crippen molar-refractivity contribution in [1.82, 2.24) is 15.1 Å². The van der Waals surface area contributed by atoms with E-state index in [9.17, 15) is 9.59 Å². The molecule has 0 bridgehead atoms. The second-order valence-electron chi connectivity index (χ2n) is 7.97. The number of piperazine rings is 1. The van der Waals surface area contributed by atoms with Crippen molar-refractivity contribution in [2.24, 2.45) is 0 Å². The second kappa shape index (κ2) is 10.8. The number of amides is 2. The Morgan fingerprint density at radius 2 is 1.48 bits per heavy atom. The highest BCUT2D eigenvalue weighted by molar-refractivity contribution is 6.35. The molecule has 1 unspecified atom stereocenters. The first-order chi connectivity index (χ1) is 16.0. The molecule has 0 aromatic heterocycles. The van der Waals surface area contributed by atoms with Gasteiger partial charge >= 0.3 is 0 Å². The third-order valence-electron chi connectivity index (χ3n) is 5.80. The zero-order valence-electron chi connectivity index (χ0n) is 18.1. The molecule has 1 aliphatic rings. The molecule has 1 aliphatic heterocycles. The van der Waals surface area contributed by atoms with Crippen LogP contribution >= 0.6 is 23.2 Å². The standard InChI is InChI=1S/C26H25Cl2N3O2/c27-21-11-12-23(28)22(17-21)26(33)31-15-13-30(14-16-31)24(20-9-5-2-6-10-20)25(32)29-18-19-7-3-1-4-8-19/h1-12,17,24H,13-16,18H2,(H,29,32). The van der Waals surface area contributed by atoms with E-state index in [1.165, 1.54) is 0 Å². The fourth-order valence-electron chi connectivity index (χ4n) is 4.06. The molecule has 33 heavy (non-hydrogen) atoms. The van der Waals surface area contributed by atoms with E-state index in [0.717, 1.165) is 11.1 Å². The Balaban J connectivity index is 1.45. The maximum atomic E-state index is 13.3. The van der Waals surface area contributed by atoms with Crippen LogP contribution in [0, 0.1) is 0 Å². The number of nitrogens with one attached hydrogen (secondary N) is 1. The van der Waals surface area contributed by atoms with E-state index in [1.54, 1.807) is 23.1 Å². The number of benzene rings is 3. The summed E-state index contributed by atoms with van der Waals surface area (Å²) in [6.45, 7) is 2.60. The van der Waals surface area contributed by atoms with Gasteiger partial charge in [-0.15, -0.1) is 0 Å². The fraction of sp³-hybridized carbons (Fsp3) is 0.231. The third-order valence-corrected chi connectivity index (χ3v) is 6.36. The quantitative estimate of drug-likeness (QED) is 0.549. The number of carbonyl (C=O) groups excluding carboxylic acids is 2. The van der Waals surface area contributed by atoms with E-state index in [-0.39, 0.29) is 11.8 Å². The first kappa shape index (κ1) is 23.3. The summed E-state index contributed by atoms with van der Waals surface area (Å²) in [5.41, 5.74) is 2.38. The zero-order chi connectivity index (χ0) is 23.2. The average Bonchev–Trinajstić information content (AvgIpc) is 2.86. The van der Waals surface area contributed by atoms with Gasteiger partial charge in [-0.2, -0.15) is 0 Å². The van der Waals surface area contributed by atoms with E-state index in [1.807, 2.05) is 60.7 Å². The van der Waals surface area contributed by atoms with Crippen molar-refractivity contribution in [3.05, 3.63) is 106 Å². The van der Waals surface area contributed by atoms with Crippen LogP contribution in [0.1, 0.15) is 27.5 Å².